The molecule has 7 heteroatoms. The van der Waals surface area contributed by atoms with E-state index >= 15 is 0 Å². The zero-order valence-corrected chi connectivity index (χ0v) is 17.1. The summed E-state index contributed by atoms with van der Waals surface area (Å²) in [5.41, 5.74) is 2.03. The minimum atomic E-state index is -3.87. The summed E-state index contributed by atoms with van der Waals surface area (Å²) in [6.45, 7) is 6.03. The zero-order valence-electron chi connectivity index (χ0n) is 16.3. The summed E-state index contributed by atoms with van der Waals surface area (Å²) in [7, 11) is -3.87. The van der Waals surface area contributed by atoms with Crippen molar-refractivity contribution in [3.63, 3.8) is 0 Å². The summed E-state index contributed by atoms with van der Waals surface area (Å²) in [4.78, 5) is 0.119. The fourth-order valence-corrected chi connectivity index (χ4v) is 3.91. The molecule has 0 N–H and O–H groups in total. The van der Waals surface area contributed by atoms with Gasteiger partial charge in [-0.3, -0.25) is 4.18 Å². The van der Waals surface area contributed by atoms with Crippen molar-refractivity contribution in [1.82, 2.24) is 0 Å². The Labute approximate surface area is 166 Å². The Bertz CT molecular complexity index is 862. The third-order valence-electron chi connectivity index (χ3n) is 4.38. The Morgan fingerprint density at radius 3 is 2.18 bits per heavy atom. The minimum Gasteiger partial charge on any atom is -0.374 e. The molecule has 3 rings (SSSR count). The second-order valence-electron chi connectivity index (χ2n) is 7.26. The summed E-state index contributed by atoms with van der Waals surface area (Å²) in [6.07, 6.45) is -0.974. The second-order valence-corrected chi connectivity index (χ2v) is 8.88. The Morgan fingerprint density at radius 1 is 0.929 bits per heavy atom. The van der Waals surface area contributed by atoms with Crippen molar-refractivity contribution < 1.29 is 26.8 Å². The molecule has 1 saturated heterocycles. The van der Waals surface area contributed by atoms with Crippen LogP contribution in [0, 0.1) is 6.92 Å². The van der Waals surface area contributed by atoms with Gasteiger partial charge in [-0.15, -0.1) is 0 Å². The molecule has 0 aliphatic carbocycles. The van der Waals surface area contributed by atoms with Crippen LogP contribution in [0.15, 0.2) is 59.5 Å². The van der Waals surface area contributed by atoms with Crippen LogP contribution in [0.3, 0.4) is 0 Å². The van der Waals surface area contributed by atoms with Gasteiger partial charge in [-0.05, 0) is 38.5 Å². The zero-order chi connectivity index (χ0) is 20.2. The first-order valence-electron chi connectivity index (χ1n) is 9.19. The van der Waals surface area contributed by atoms with Crippen LogP contribution in [-0.4, -0.2) is 39.6 Å². The average Bonchev–Trinajstić information content (AvgIpc) is 2.95. The van der Waals surface area contributed by atoms with E-state index in [2.05, 4.69) is 0 Å². The van der Waals surface area contributed by atoms with E-state index < -0.39 is 28.1 Å². The normalized spacial score (nSPS) is 21.7. The number of ether oxygens (including phenoxy) is 3. The molecule has 0 amide bonds. The summed E-state index contributed by atoms with van der Waals surface area (Å²) >= 11 is 0. The van der Waals surface area contributed by atoms with Crippen molar-refractivity contribution in [2.24, 2.45) is 0 Å². The molecule has 0 radical (unpaired) electrons. The van der Waals surface area contributed by atoms with E-state index in [0.717, 1.165) is 11.1 Å². The Kier molecular flexibility index (Phi) is 6.52. The van der Waals surface area contributed by atoms with Crippen molar-refractivity contribution in [2.45, 2.75) is 50.3 Å². The lowest BCUT2D eigenvalue weighted by Gasteiger charge is -2.17. The molecular formula is C21H26O6S. The first-order chi connectivity index (χ1) is 13.3. The van der Waals surface area contributed by atoms with Crippen LogP contribution < -0.4 is 0 Å². The molecule has 2 aromatic rings. The summed E-state index contributed by atoms with van der Waals surface area (Å²) in [5.74, 6) is -0.831. The van der Waals surface area contributed by atoms with E-state index in [1.54, 1.807) is 26.0 Å². The maximum absolute atomic E-state index is 12.4. The van der Waals surface area contributed by atoms with E-state index in [1.807, 2.05) is 37.3 Å². The van der Waals surface area contributed by atoms with Crippen molar-refractivity contribution in [1.29, 1.82) is 0 Å². The number of hydrogen-bond donors (Lipinski definition) is 0. The fraction of sp³-hybridized carbons (Fsp3) is 0.429. The molecule has 0 unspecified atom stereocenters. The quantitative estimate of drug-likeness (QED) is 0.626. The van der Waals surface area contributed by atoms with Gasteiger partial charge in [0.1, 0.15) is 12.2 Å². The first kappa shape index (κ1) is 21.0. The van der Waals surface area contributed by atoms with Gasteiger partial charge in [-0.2, -0.15) is 8.42 Å². The largest absolute Gasteiger partial charge is 0.374 e. The highest BCUT2D eigenvalue weighted by atomic mass is 32.2. The predicted octanol–water partition coefficient (Wildman–Crippen LogP) is 3.44. The van der Waals surface area contributed by atoms with Gasteiger partial charge in [0.05, 0.1) is 24.7 Å². The van der Waals surface area contributed by atoms with E-state index in [9.17, 15) is 8.42 Å². The van der Waals surface area contributed by atoms with E-state index in [0.29, 0.717) is 6.61 Å². The summed E-state index contributed by atoms with van der Waals surface area (Å²) in [6, 6.07) is 16.3. The Balaban J connectivity index is 1.58. The summed E-state index contributed by atoms with van der Waals surface area (Å²) < 4.78 is 47.5. The Hall–Kier alpha value is -1.77. The second kappa shape index (κ2) is 8.71. The van der Waals surface area contributed by atoms with Crippen LogP contribution in [0.4, 0.5) is 0 Å². The highest BCUT2D eigenvalue weighted by Gasteiger charge is 2.42. The average molecular weight is 407 g/mol. The maximum atomic E-state index is 12.4. The fourth-order valence-electron chi connectivity index (χ4n) is 2.99. The molecule has 2 aromatic carbocycles. The third kappa shape index (κ3) is 5.62. The van der Waals surface area contributed by atoms with E-state index in [-0.39, 0.29) is 18.1 Å². The predicted molar refractivity (Wildman–Crippen MR) is 104 cm³/mol. The molecular weight excluding hydrogens is 380 g/mol. The number of hydrogen-bond acceptors (Lipinski definition) is 6. The van der Waals surface area contributed by atoms with Gasteiger partial charge in [0, 0.05) is 0 Å². The van der Waals surface area contributed by atoms with Gasteiger partial charge < -0.3 is 14.2 Å². The van der Waals surface area contributed by atoms with Crippen molar-refractivity contribution in [3.8, 4) is 0 Å². The molecule has 0 bridgehead atoms. The molecule has 0 saturated carbocycles. The molecule has 6 nitrogen and oxygen atoms in total. The number of aryl methyl sites for hydroxylation is 1. The van der Waals surface area contributed by atoms with Crippen LogP contribution in [0.25, 0.3) is 0 Å². The van der Waals surface area contributed by atoms with E-state index in [1.165, 1.54) is 12.1 Å². The standard InChI is InChI=1S/C21H26O6S/c1-16-9-11-18(12-10-16)28(22,23)25-15-20-19(26-21(2,3)27-20)14-24-13-17-7-5-4-6-8-17/h4-12,19-20H,13-15H2,1-3H3/t19-,20-/m1/s1. The topological polar surface area (TPSA) is 71.1 Å². The van der Waals surface area contributed by atoms with Gasteiger partial charge in [-0.1, -0.05) is 48.0 Å². The molecule has 0 aromatic heterocycles. The monoisotopic (exact) mass is 406 g/mol. The number of rotatable bonds is 8. The molecule has 1 aliphatic heterocycles. The van der Waals surface area contributed by atoms with Gasteiger partial charge >= 0.3 is 0 Å². The lowest BCUT2D eigenvalue weighted by atomic mass is 10.2. The van der Waals surface area contributed by atoms with Crippen LogP contribution in [0.2, 0.25) is 0 Å². The van der Waals surface area contributed by atoms with Gasteiger partial charge in [0.2, 0.25) is 0 Å². The third-order valence-corrected chi connectivity index (χ3v) is 5.67. The van der Waals surface area contributed by atoms with Crippen LogP contribution in [0.1, 0.15) is 25.0 Å². The molecule has 0 spiro atoms. The van der Waals surface area contributed by atoms with Crippen LogP contribution in [0.5, 0.6) is 0 Å². The van der Waals surface area contributed by atoms with Crippen molar-refractivity contribution in [3.05, 3.63) is 65.7 Å². The first-order valence-corrected chi connectivity index (χ1v) is 10.6. The molecule has 152 valence electrons. The van der Waals surface area contributed by atoms with Crippen LogP contribution in [-0.2, 0) is 35.1 Å². The highest BCUT2D eigenvalue weighted by molar-refractivity contribution is 7.86. The highest BCUT2D eigenvalue weighted by Crippen LogP contribution is 2.29. The van der Waals surface area contributed by atoms with Crippen molar-refractivity contribution in [2.75, 3.05) is 13.2 Å². The van der Waals surface area contributed by atoms with E-state index in [4.69, 9.17) is 18.4 Å². The van der Waals surface area contributed by atoms with Gasteiger partial charge in [0.25, 0.3) is 10.1 Å². The van der Waals surface area contributed by atoms with Gasteiger partial charge in [-0.25, -0.2) is 0 Å². The Morgan fingerprint density at radius 2 is 1.54 bits per heavy atom. The molecule has 1 aliphatic rings. The number of benzene rings is 2. The minimum absolute atomic E-state index is 0.119. The van der Waals surface area contributed by atoms with Gasteiger partial charge in [0.15, 0.2) is 5.79 Å². The SMILES string of the molecule is Cc1ccc(S(=O)(=O)OC[C@H]2OC(C)(C)O[C@@H]2COCc2ccccc2)cc1. The van der Waals surface area contributed by atoms with Crippen LogP contribution >= 0.6 is 0 Å². The maximum Gasteiger partial charge on any atom is 0.297 e. The van der Waals surface area contributed by atoms with Crippen molar-refractivity contribution >= 4 is 10.1 Å². The smallest absolute Gasteiger partial charge is 0.297 e. The lowest BCUT2D eigenvalue weighted by molar-refractivity contribution is -0.152. The molecule has 1 fully saturated rings. The molecule has 2 atom stereocenters. The summed E-state index contributed by atoms with van der Waals surface area (Å²) in [5, 5.41) is 0. The lowest BCUT2D eigenvalue weighted by Crippen LogP contribution is -2.32. The molecule has 1 heterocycles. The molecule has 28 heavy (non-hydrogen) atoms.